The molecule has 3 heterocycles. The molecule has 1 aromatic carbocycles. The number of aromatic nitrogens is 3. The van der Waals surface area contributed by atoms with E-state index in [4.69, 9.17) is 16.3 Å². The smallest absolute Gasteiger partial charge is 0.357 e. The van der Waals surface area contributed by atoms with Gasteiger partial charge in [-0.15, -0.1) is 17.8 Å². The Morgan fingerprint density at radius 3 is 2.64 bits per heavy atom. The van der Waals surface area contributed by atoms with E-state index in [1.165, 1.54) is 23.3 Å². The third kappa shape index (κ3) is 6.75. The Bertz CT molecular complexity index is 1090. The largest absolute Gasteiger partial charge is 0.464 e. The van der Waals surface area contributed by atoms with Gasteiger partial charge in [0.05, 0.1) is 18.5 Å². The predicted molar refractivity (Wildman–Crippen MR) is 128 cm³/mol. The molecule has 0 bridgehead atoms. The van der Waals surface area contributed by atoms with Crippen LogP contribution in [0.25, 0.3) is 10.6 Å². The van der Waals surface area contributed by atoms with Gasteiger partial charge in [0.25, 0.3) is 5.91 Å². The highest BCUT2D eigenvalue weighted by atomic mass is 32.1. The number of carbonyl (C=O) groups excluding carboxylic acids is 2. The number of benzene rings is 1. The fourth-order valence-electron chi connectivity index (χ4n) is 2.93. The lowest BCUT2D eigenvalue weighted by Crippen LogP contribution is -2.24. The average molecular weight is 469 g/mol. The molecule has 1 amide bonds. The molecular weight excluding hydrogens is 440 g/mol. The van der Waals surface area contributed by atoms with Crippen LogP contribution in [0.15, 0.2) is 42.7 Å². The van der Waals surface area contributed by atoms with Gasteiger partial charge < -0.3 is 14.7 Å². The molecule has 0 aliphatic carbocycles. The molecule has 33 heavy (non-hydrogen) atoms. The van der Waals surface area contributed by atoms with Crippen LogP contribution in [-0.4, -0.2) is 63.5 Å². The number of likely N-dealkylation sites (tertiary alicyclic amines) is 1. The highest BCUT2D eigenvalue weighted by Gasteiger charge is 2.26. The molecule has 1 saturated heterocycles. The van der Waals surface area contributed by atoms with Crippen LogP contribution in [0.2, 0.25) is 0 Å². The molecule has 1 aliphatic rings. The summed E-state index contributed by atoms with van der Waals surface area (Å²) in [4.78, 5) is 29.3. The summed E-state index contributed by atoms with van der Waals surface area (Å²) in [6, 6.07) is 9.34. The monoisotopic (exact) mass is 468 g/mol. The second-order valence-electron chi connectivity index (χ2n) is 6.78. The zero-order valence-corrected chi connectivity index (χ0v) is 20.0. The summed E-state index contributed by atoms with van der Waals surface area (Å²) >= 11 is 1.43. The number of likely N-dealkylation sites (N-methyl/N-ethyl adjacent to an activating group) is 1. The summed E-state index contributed by atoms with van der Waals surface area (Å²) in [5.41, 5.74) is 1.96. The minimum Gasteiger partial charge on any atom is -0.464 e. The molecule has 2 aromatic heterocycles. The van der Waals surface area contributed by atoms with Crippen molar-refractivity contribution in [2.24, 2.45) is 0 Å². The lowest BCUT2D eigenvalue weighted by molar-refractivity contribution is -0.133. The van der Waals surface area contributed by atoms with Gasteiger partial charge in [0.1, 0.15) is 11.1 Å². The molecule has 8 nitrogen and oxygen atoms in total. The number of rotatable bonds is 4. The van der Waals surface area contributed by atoms with Crippen LogP contribution in [0, 0.1) is 12.3 Å². The Morgan fingerprint density at radius 2 is 2.12 bits per heavy atom. The van der Waals surface area contributed by atoms with Crippen LogP contribution in [0.4, 0.5) is 0 Å². The minimum absolute atomic E-state index is 0.148. The fraction of sp³-hybridized carbons (Fsp3) is 0.333. The summed E-state index contributed by atoms with van der Waals surface area (Å²) in [6.07, 6.45) is 8.83. The fourth-order valence-corrected chi connectivity index (χ4v) is 3.96. The van der Waals surface area contributed by atoms with Gasteiger partial charge in [-0.3, -0.25) is 9.48 Å². The molecule has 1 N–H and O–H groups in total. The molecule has 1 fully saturated rings. The molecule has 174 valence electrons. The molecule has 9 heteroatoms. The average Bonchev–Trinajstić information content (AvgIpc) is 3.59. The number of aliphatic hydroxyl groups excluding tert-OH is 1. The summed E-state index contributed by atoms with van der Waals surface area (Å²) in [5, 5.41) is 13.7. The Balaban J connectivity index is 0.000000323. The van der Waals surface area contributed by atoms with Gasteiger partial charge in [-0.25, -0.2) is 9.78 Å². The summed E-state index contributed by atoms with van der Waals surface area (Å²) in [7, 11) is 3.04. The zero-order valence-electron chi connectivity index (χ0n) is 19.2. The van der Waals surface area contributed by atoms with Gasteiger partial charge in [0.2, 0.25) is 0 Å². The number of methoxy groups -OCH3 is 1. The molecule has 0 spiro atoms. The van der Waals surface area contributed by atoms with Gasteiger partial charge in [-0.05, 0) is 24.6 Å². The molecule has 4 rings (SSSR count). The van der Waals surface area contributed by atoms with Crippen LogP contribution < -0.4 is 0 Å². The molecular formula is C24H28N4O4S. The van der Waals surface area contributed by atoms with Crippen molar-refractivity contribution >= 4 is 23.2 Å². The van der Waals surface area contributed by atoms with E-state index in [1.54, 1.807) is 17.9 Å². The number of ether oxygens (including phenoxy) is 1. The highest BCUT2D eigenvalue weighted by Crippen LogP contribution is 2.29. The first kappa shape index (κ1) is 25.8. The van der Waals surface area contributed by atoms with Crippen LogP contribution in [0.1, 0.15) is 41.2 Å². The van der Waals surface area contributed by atoms with E-state index >= 15 is 0 Å². The van der Waals surface area contributed by atoms with Gasteiger partial charge in [-0.1, -0.05) is 31.9 Å². The minimum atomic E-state index is -0.722. The second-order valence-corrected chi connectivity index (χ2v) is 7.86. The Kier molecular flexibility index (Phi) is 9.79. The number of esters is 1. The Morgan fingerprint density at radius 1 is 1.36 bits per heavy atom. The SMILES string of the molecule is C#Cc1cccc(-c2nc(C(=O)OC)c(Cn3cccn3)s2)c1.CC.CN1CCC(O)C1=O. The van der Waals surface area contributed by atoms with Crippen molar-refractivity contribution in [3.05, 3.63) is 58.9 Å². The van der Waals surface area contributed by atoms with E-state index in [0.29, 0.717) is 25.2 Å². The normalized spacial score (nSPS) is 14.5. The van der Waals surface area contributed by atoms with E-state index in [2.05, 4.69) is 16.0 Å². The Labute approximate surface area is 197 Å². The quantitative estimate of drug-likeness (QED) is 0.467. The number of amides is 1. The topological polar surface area (TPSA) is 97.6 Å². The maximum absolute atomic E-state index is 12.0. The summed E-state index contributed by atoms with van der Waals surface area (Å²) < 4.78 is 6.57. The van der Waals surface area contributed by atoms with Crippen LogP contribution >= 0.6 is 11.3 Å². The van der Waals surface area contributed by atoms with Crippen molar-refractivity contribution < 1.29 is 19.4 Å². The second kappa shape index (κ2) is 12.5. The standard InChI is InChI=1S/C17H13N3O2S.C5H9NO2.C2H6/c1-3-12-6-4-7-13(10-12)16-19-15(17(21)22-2)14(23-16)11-20-9-5-8-18-20;1-6-3-2-4(7)5(6)8;1-2/h1,4-10H,11H2,2H3;4,7H,2-3H2,1H3;1-2H3. The van der Waals surface area contributed by atoms with Crippen LogP contribution in [0.5, 0.6) is 0 Å². The van der Waals surface area contributed by atoms with Crippen molar-refractivity contribution in [2.45, 2.75) is 32.9 Å². The third-order valence-corrected chi connectivity index (χ3v) is 5.71. The summed E-state index contributed by atoms with van der Waals surface area (Å²) in [6.45, 7) is 5.16. The maximum Gasteiger partial charge on any atom is 0.357 e. The number of carbonyl (C=O) groups is 2. The molecule has 1 unspecified atom stereocenters. The first-order chi connectivity index (χ1) is 15.9. The van der Waals surface area contributed by atoms with Crippen molar-refractivity contribution in [1.29, 1.82) is 0 Å². The number of nitrogens with zero attached hydrogens (tertiary/aromatic N) is 4. The van der Waals surface area contributed by atoms with E-state index in [1.807, 2.05) is 50.4 Å². The molecule has 0 saturated carbocycles. The first-order valence-corrected chi connectivity index (χ1v) is 11.3. The number of aliphatic hydroxyl groups is 1. The van der Waals surface area contributed by atoms with Crippen molar-refractivity contribution in [3.63, 3.8) is 0 Å². The van der Waals surface area contributed by atoms with Gasteiger partial charge in [-0.2, -0.15) is 5.10 Å². The van der Waals surface area contributed by atoms with Crippen LogP contribution in [-0.2, 0) is 16.1 Å². The summed E-state index contributed by atoms with van der Waals surface area (Å²) in [5.74, 6) is 2.00. The van der Waals surface area contributed by atoms with Gasteiger partial charge in [0, 0.05) is 37.1 Å². The predicted octanol–water partition coefficient (Wildman–Crippen LogP) is 3.06. The number of hydrogen-bond donors (Lipinski definition) is 1. The van der Waals surface area contributed by atoms with Crippen molar-refractivity contribution in [1.82, 2.24) is 19.7 Å². The maximum atomic E-state index is 12.0. The van der Waals surface area contributed by atoms with E-state index in [0.717, 1.165) is 21.0 Å². The zero-order chi connectivity index (χ0) is 24.4. The van der Waals surface area contributed by atoms with E-state index in [9.17, 15) is 9.59 Å². The van der Waals surface area contributed by atoms with Gasteiger partial charge in [0.15, 0.2) is 5.69 Å². The van der Waals surface area contributed by atoms with E-state index < -0.39 is 12.1 Å². The van der Waals surface area contributed by atoms with E-state index in [-0.39, 0.29) is 5.91 Å². The Hall–Kier alpha value is -3.48. The number of terminal acetylenes is 1. The van der Waals surface area contributed by atoms with Crippen molar-refractivity contribution in [2.75, 3.05) is 20.7 Å². The van der Waals surface area contributed by atoms with Crippen LogP contribution in [0.3, 0.4) is 0 Å². The lowest BCUT2D eigenvalue weighted by Gasteiger charge is -2.04. The highest BCUT2D eigenvalue weighted by molar-refractivity contribution is 7.15. The van der Waals surface area contributed by atoms with Crippen molar-refractivity contribution in [3.8, 4) is 22.9 Å². The van der Waals surface area contributed by atoms with Gasteiger partial charge >= 0.3 is 5.97 Å². The number of thiazole rings is 1. The number of hydrogen-bond acceptors (Lipinski definition) is 7. The first-order valence-electron chi connectivity index (χ1n) is 10.5. The molecule has 3 aromatic rings. The molecule has 1 atom stereocenters. The third-order valence-electron chi connectivity index (χ3n) is 4.62. The molecule has 1 aliphatic heterocycles. The molecule has 0 radical (unpaired) electrons. The lowest BCUT2D eigenvalue weighted by atomic mass is 10.1.